The van der Waals surface area contributed by atoms with Crippen LogP contribution in [-0.2, 0) is 17.8 Å². The average Bonchev–Trinajstić information content (AvgIpc) is 3.19. The molecule has 1 unspecified atom stereocenters. The summed E-state index contributed by atoms with van der Waals surface area (Å²) >= 11 is 1.68. The van der Waals surface area contributed by atoms with Crippen molar-refractivity contribution < 1.29 is 14.6 Å². The van der Waals surface area contributed by atoms with E-state index in [-0.39, 0.29) is 0 Å². The highest BCUT2D eigenvalue weighted by molar-refractivity contribution is 7.15. The molecule has 1 aliphatic carbocycles. The number of fused-ring (bicyclic) bond motifs is 1. The van der Waals surface area contributed by atoms with Crippen LogP contribution in [0.2, 0.25) is 0 Å². The highest BCUT2D eigenvalue weighted by atomic mass is 32.1. The lowest BCUT2D eigenvalue weighted by molar-refractivity contribution is -0.142. The van der Waals surface area contributed by atoms with Crippen LogP contribution in [0.5, 0.6) is 5.75 Å². The molecule has 7 heteroatoms. The lowest BCUT2D eigenvalue weighted by Gasteiger charge is -2.44. The first-order valence-electron chi connectivity index (χ1n) is 11.5. The summed E-state index contributed by atoms with van der Waals surface area (Å²) < 4.78 is 6.20. The van der Waals surface area contributed by atoms with Gasteiger partial charge >= 0.3 is 5.97 Å². The van der Waals surface area contributed by atoms with Gasteiger partial charge in [0.05, 0.1) is 5.69 Å². The van der Waals surface area contributed by atoms with Crippen molar-refractivity contribution in [3.8, 4) is 16.3 Å². The van der Waals surface area contributed by atoms with Crippen LogP contribution >= 0.6 is 11.3 Å². The number of carboxylic acid groups (broad SMARTS) is 1. The van der Waals surface area contributed by atoms with Crippen LogP contribution in [0.4, 0.5) is 0 Å². The molecule has 0 bridgehead atoms. The molecule has 5 rings (SSSR count). The molecule has 31 heavy (non-hydrogen) atoms. The van der Waals surface area contributed by atoms with E-state index in [1.54, 1.807) is 18.3 Å². The molecule has 1 atom stereocenters. The Morgan fingerprint density at radius 2 is 1.90 bits per heavy atom. The van der Waals surface area contributed by atoms with Gasteiger partial charge in [0.1, 0.15) is 22.9 Å². The van der Waals surface area contributed by atoms with Crippen LogP contribution in [0.3, 0.4) is 0 Å². The molecule has 1 saturated heterocycles. The van der Waals surface area contributed by atoms with Gasteiger partial charge in [0, 0.05) is 48.8 Å². The van der Waals surface area contributed by atoms with Crippen LogP contribution < -0.4 is 4.74 Å². The van der Waals surface area contributed by atoms with E-state index in [0.717, 1.165) is 53.9 Å². The van der Waals surface area contributed by atoms with Crippen LogP contribution in [0, 0.1) is 0 Å². The Bertz CT molecular complexity index is 917. The third-order valence-corrected chi connectivity index (χ3v) is 8.18. The Kier molecular flexibility index (Phi) is 5.99. The maximum atomic E-state index is 11.3. The summed E-state index contributed by atoms with van der Waals surface area (Å²) in [5.74, 6) is 0.172. The molecule has 1 N–H and O–H groups in total. The van der Waals surface area contributed by atoms with Gasteiger partial charge in [0.15, 0.2) is 0 Å². The minimum Gasteiger partial charge on any atom is -0.490 e. The molecule has 3 heterocycles. The Balaban J connectivity index is 1.17. The topological polar surface area (TPSA) is 65.9 Å². The molecular formula is C24H31N3O3S. The molecule has 6 nitrogen and oxygen atoms in total. The van der Waals surface area contributed by atoms with Gasteiger partial charge in [-0.25, -0.2) is 4.98 Å². The molecular weight excluding hydrogens is 410 g/mol. The Labute approximate surface area is 187 Å². The van der Waals surface area contributed by atoms with Gasteiger partial charge in [0.25, 0.3) is 0 Å². The number of thiazole rings is 1. The van der Waals surface area contributed by atoms with Gasteiger partial charge in [0.2, 0.25) is 0 Å². The fourth-order valence-corrected chi connectivity index (χ4v) is 6.05. The highest BCUT2D eigenvalue weighted by Crippen LogP contribution is 2.35. The molecule has 1 saturated carbocycles. The molecule has 1 aromatic carbocycles. The summed E-state index contributed by atoms with van der Waals surface area (Å²) in [4.78, 5) is 22.0. The summed E-state index contributed by atoms with van der Waals surface area (Å²) in [6.45, 7) is 5.69. The summed E-state index contributed by atoms with van der Waals surface area (Å²) in [6.07, 6.45) is 7.52. The second-order valence-electron chi connectivity index (χ2n) is 9.11. The SMILES string of the molecule is CC(C(=O)O)N1CCc2nc(-c3ccc(OC4CC(N5CCCCC5)C4)cc3)sc2C1. The van der Waals surface area contributed by atoms with Gasteiger partial charge in [-0.15, -0.1) is 11.3 Å². The summed E-state index contributed by atoms with van der Waals surface area (Å²) in [5.41, 5.74) is 2.22. The zero-order chi connectivity index (χ0) is 21.4. The summed E-state index contributed by atoms with van der Waals surface area (Å²) in [5, 5.41) is 10.3. The second-order valence-corrected chi connectivity index (χ2v) is 10.2. The summed E-state index contributed by atoms with van der Waals surface area (Å²) in [7, 11) is 0. The van der Waals surface area contributed by atoms with Crippen molar-refractivity contribution in [2.45, 2.75) is 70.2 Å². The second kappa shape index (κ2) is 8.88. The van der Waals surface area contributed by atoms with Crippen molar-refractivity contribution in [2.75, 3.05) is 19.6 Å². The van der Waals surface area contributed by atoms with E-state index >= 15 is 0 Å². The van der Waals surface area contributed by atoms with Gasteiger partial charge in [-0.1, -0.05) is 6.42 Å². The number of nitrogens with zero attached hydrogens (tertiary/aromatic N) is 3. The van der Waals surface area contributed by atoms with Crippen molar-refractivity contribution in [3.63, 3.8) is 0 Å². The fourth-order valence-electron chi connectivity index (χ4n) is 4.91. The maximum Gasteiger partial charge on any atom is 0.320 e. The minimum absolute atomic E-state index is 0.340. The van der Waals surface area contributed by atoms with Crippen molar-refractivity contribution in [3.05, 3.63) is 34.8 Å². The van der Waals surface area contributed by atoms with Crippen molar-refractivity contribution in [1.29, 1.82) is 0 Å². The van der Waals surface area contributed by atoms with E-state index in [9.17, 15) is 9.90 Å². The average molecular weight is 442 g/mol. The van der Waals surface area contributed by atoms with Crippen molar-refractivity contribution in [1.82, 2.24) is 14.8 Å². The van der Waals surface area contributed by atoms with Crippen LogP contribution in [0.1, 0.15) is 49.6 Å². The number of rotatable bonds is 6. The Morgan fingerprint density at radius 3 is 2.61 bits per heavy atom. The molecule has 0 radical (unpaired) electrons. The Morgan fingerprint density at radius 1 is 1.16 bits per heavy atom. The quantitative estimate of drug-likeness (QED) is 0.730. The van der Waals surface area contributed by atoms with E-state index in [0.29, 0.717) is 12.6 Å². The predicted molar refractivity (Wildman–Crippen MR) is 122 cm³/mol. The van der Waals surface area contributed by atoms with Gasteiger partial charge in [-0.2, -0.15) is 0 Å². The molecule has 3 aliphatic rings. The molecule has 2 aliphatic heterocycles. The van der Waals surface area contributed by atoms with E-state index in [2.05, 4.69) is 29.2 Å². The smallest absolute Gasteiger partial charge is 0.320 e. The number of aliphatic carboxylic acids is 1. The number of benzene rings is 1. The number of carboxylic acids is 1. The minimum atomic E-state index is -0.766. The molecule has 2 fully saturated rings. The van der Waals surface area contributed by atoms with Crippen LogP contribution in [0.25, 0.3) is 10.6 Å². The van der Waals surface area contributed by atoms with E-state index in [1.165, 1.54) is 37.2 Å². The first-order valence-corrected chi connectivity index (χ1v) is 12.3. The monoisotopic (exact) mass is 441 g/mol. The number of piperidine rings is 1. The van der Waals surface area contributed by atoms with E-state index in [1.807, 2.05) is 4.90 Å². The largest absolute Gasteiger partial charge is 0.490 e. The number of carbonyl (C=O) groups is 1. The first-order chi connectivity index (χ1) is 15.1. The highest BCUT2D eigenvalue weighted by Gasteiger charge is 2.35. The van der Waals surface area contributed by atoms with E-state index < -0.39 is 12.0 Å². The fraction of sp³-hybridized carbons (Fsp3) is 0.583. The lowest BCUT2D eigenvalue weighted by atomic mass is 9.86. The number of likely N-dealkylation sites (tertiary alicyclic amines) is 1. The molecule has 0 amide bonds. The number of hydrogen-bond acceptors (Lipinski definition) is 6. The zero-order valence-electron chi connectivity index (χ0n) is 18.1. The molecule has 166 valence electrons. The maximum absolute atomic E-state index is 11.3. The third-order valence-electron chi connectivity index (χ3n) is 7.05. The normalized spacial score (nSPS) is 25.5. The first kappa shape index (κ1) is 20.9. The summed E-state index contributed by atoms with van der Waals surface area (Å²) in [6, 6.07) is 8.56. The zero-order valence-corrected chi connectivity index (χ0v) is 18.9. The number of aromatic nitrogens is 1. The lowest BCUT2D eigenvalue weighted by Crippen LogP contribution is -2.50. The van der Waals surface area contributed by atoms with Crippen molar-refractivity contribution >= 4 is 17.3 Å². The number of hydrogen-bond donors (Lipinski definition) is 1. The third kappa shape index (κ3) is 4.49. The predicted octanol–water partition coefficient (Wildman–Crippen LogP) is 4.04. The van der Waals surface area contributed by atoms with Crippen LogP contribution in [0.15, 0.2) is 24.3 Å². The van der Waals surface area contributed by atoms with Gasteiger partial charge in [-0.3, -0.25) is 9.69 Å². The van der Waals surface area contributed by atoms with Gasteiger partial charge in [-0.05, 0) is 57.1 Å². The molecule has 0 spiro atoms. The van der Waals surface area contributed by atoms with Gasteiger partial charge < -0.3 is 14.7 Å². The van der Waals surface area contributed by atoms with Crippen molar-refractivity contribution in [2.24, 2.45) is 0 Å². The number of ether oxygens (including phenoxy) is 1. The standard InChI is InChI=1S/C24H31N3O3S/c1-16(24(28)29)27-12-9-21-22(15-27)31-23(25-21)17-5-7-19(8-6-17)30-20-13-18(14-20)26-10-3-2-4-11-26/h5-8,16,18,20H,2-4,9-15H2,1H3,(H,28,29). The Hall–Kier alpha value is -1.96. The van der Waals surface area contributed by atoms with E-state index in [4.69, 9.17) is 9.72 Å². The molecule has 2 aromatic rings. The molecule has 1 aromatic heterocycles. The van der Waals surface area contributed by atoms with Crippen LogP contribution in [-0.4, -0.2) is 63.7 Å².